The fourth-order valence-corrected chi connectivity index (χ4v) is 2.14. The molecule has 0 bridgehead atoms. The Balaban J connectivity index is 2.85. The van der Waals surface area contributed by atoms with Crippen molar-refractivity contribution in [3.63, 3.8) is 0 Å². The molecule has 52 valence electrons. The van der Waals surface area contributed by atoms with Crippen molar-refractivity contribution in [3.8, 4) is 0 Å². The molecule has 0 atom stereocenters. The Labute approximate surface area is 72.2 Å². The first kappa shape index (κ1) is 7.89. The molecule has 10 heavy (non-hydrogen) atoms. The number of hydrogen-bond donors (Lipinski definition) is 0. The average Bonchev–Trinajstić information content (AvgIpc) is 2.05. The average molecular weight is 329 g/mol. The van der Waals surface area contributed by atoms with Gasteiger partial charge >= 0.3 is 72.3 Å². The van der Waals surface area contributed by atoms with Gasteiger partial charge in [-0.15, -0.1) is 0 Å². The summed E-state index contributed by atoms with van der Waals surface area (Å²) in [6.45, 7) is 0. The molecule has 0 N–H and O–H groups in total. The van der Waals surface area contributed by atoms with Crippen molar-refractivity contribution in [2.45, 2.75) is 4.58 Å². The van der Waals surface area contributed by atoms with Gasteiger partial charge in [0.15, 0.2) is 0 Å². The SMILES string of the molecule is [CH3][Po][C](=O)c1ccccc1. The molecule has 0 amide bonds. The van der Waals surface area contributed by atoms with Crippen LogP contribution < -0.4 is 0 Å². The van der Waals surface area contributed by atoms with Crippen LogP contribution in [0.1, 0.15) is 10.4 Å². The van der Waals surface area contributed by atoms with Gasteiger partial charge in [0.25, 0.3) is 0 Å². The summed E-state index contributed by atoms with van der Waals surface area (Å²) in [4.78, 5) is 11.1. The Morgan fingerprint density at radius 1 is 1.30 bits per heavy atom. The molecule has 0 aromatic heterocycles. The van der Waals surface area contributed by atoms with E-state index in [9.17, 15) is 4.79 Å². The number of carbonyl (C=O) groups excluding carboxylic acids is 1. The van der Waals surface area contributed by atoms with E-state index in [0.717, 1.165) is 5.56 Å². The van der Waals surface area contributed by atoms with Crippen LogP contribution in [0.25, 0.3) is 0 Å². The molecular formula is C8H8OPo. The molecule has 1 nitrogen and oxygen atoms in total. The molecule has 0 heterocycles. The summed E-state index contributed by atoms with van der Waals surface area (Å²) in [5.74, 6) is 0. The first-order valence-corrected chi connectivity index (χ1v) is 7.74. The minimum absolute atomic E-state index is 0.376. The zero-order valence-electron chi connectivity index (χ0n) is 5.70. The molecule has 0 aliphatic rings. The van der Waals surface area contributed by atoms with Crippen LogP contribution in [0.15, 0.2) is 30.3 Å². The van der Waals surface area contributed by atoms with Crippen LogP contribution in [-0.4, -0.2) is 27.0 Å². The van der Waals surface area contributed by atoms with Crippen molar-refractivity contribution < 1.29 is 4.79 Å². The van der Waals surface area contributed by atoms with Gasteiger partial charge in [0, 0.05) is 0 Å². The summed E-state index contributed by atoms with van der Waals surface area (Å²) in [6.07, 6.45) is 0. The van der Waals surface area contributed by atoms with E-state index >= 15 is 0 Å². The van der Waals surface area contributed by atoms with Crippen LogP contribution in [-0.2, 0) is 0 Å². The Bertz CT molecular complexity index is 218. The molecule has 0 aliphatic carbocycles. The van der Waals surface area contributed by atoms with Gasteiger partial charge < -0.3 is 0 Å². The Morgan fingerprint density at radius 2 is 1.90 bits per heavy atom. The Morgan fingerprint density at radius 3 is 2.40 bits per heavy atom. The number of benzene rings is 1. The fraction of sp³-hybridized carbons (Fsp3) is 0.125. The first-order valence-electron chi connectivity index (χ1n) is 2.98. The van der Waals surface area contributed by atoms with E-state index in [1.54, 1.807) is 0 Å². The van der Waals surface area contributed by atoms with Gasteiger partial charge in [-0.05, 0) is 0 Å². The minimum atomic E-state index is -0.716. The summed E-state index contributed by atoms with van der Waals surface area (Å²) < 4.78 is 2.41. The van der Waals surface area contributed by atoms with Gasteiger partial charge in [-0.3, -0.25) is 0 Å². The summed E-state index contributed by atoms with van der Waals surface area (Å²) >= 11 is -0.716. The molecule has 0 fully saturated rings. The predicted octanol–water partition coefficient (Wildman–Crippen LogP) is 1.58. The molecule has 0 unspecified atom stereocenters. The summed E-state index contributed by atoms with van der Waals surface area (Å²) in [6, 6.07) is 9.50. The number of rotatable bonds is 2. The van der Waals surface area contributed by atoms with E-state index in [0.29, 0.717) is 3.44 Å². The van der Waals surface area contributed by atoms with Crippen molar-refractivity contribution in [1.29, 1.82) is 0 Å². The molecule has 0 radical (unpaired) electrons. The van der Waals surface area contributed by atoms with Crippen molar-refractivity contribution in [2.75, 3.05) is 0 Å². The first-order chi connectivity index (χ1) is 4.84. The molecule has 0 saturated heterocycles. The van der Waals surface area contributed by atoms with Gasteiger partial charge in [-0.2, -0.15) is 0 Å². The third-order valence-electron chi connectivity index (χ3n) is 1.19. The van der Waals surface area contributed by atoms with Gasteiger partial charge in [-0.1, -0.05) is 0 Å². The maximum absolute atomic E-state index is 11.1. The quantitative estimate of drug-likeness (QED) is 0.805. The topological polar surface area (TPSA) is 17.1 Å². The molecule has 2 heteroatoms. The third-order valence-corrected chi connectivity index (χ3v) is 3.55. The Kier molecular flexibility index (Phi) is 3.02. The van der Waals surface area contributed by atoms with Gasteiger partial charge in [-0.25, -0.2) is 0 Å². The summed E-state index contributed by atoms with van der Waals surface area (Å²) in [7, 11) is 0. The molecular weight excluding hydrogens is 321 g/mol. The van der Waals surface area contributed by atoms with Crippen LogP contribution in [0.4, 0.5) is 0 Å². The number of hydrogen-bond acceptors (Lipinski definition) is 1. The van der Waals surface area contributed by atoms with Crippen molar-refractivity contribution in [2.24, 2.45) is 0 Å². The van der Waals surface area contributed by atoms with E-state index in [4.69, 9.17) is 0 Å². The van der Waals surface area contributed by atoms with E-state index in [1.165, 1.54) is 0 Å². The zero-order chi connectivity index (χ0) is 7.40. The van der Waals surface area contributed by atoms with Gasteiger partial charge in [0.05, 0.1) is 0 Å². The molecule has 0 saturated carbocycles. The maximum atomic E-state index is 11.1. The van der Waals surface area contributed by atoms with Crippen LogP contribution in [0.5, 0.6) is 0 Å². The molecule has 0 aliphatic heterocycles. The fourth-order valence-electron chi connectivity index (χ4n) is 0.692. The molecule has 1 rings (SSSR count). The predicted molar refractivity (Wildman–Crippen MR) is 42.4 cm³/mol. The van der Waals surface area contributed by atoms with Crippen LogP contribution in [0.2, 0.25) is 4.58 Å². The van der Waals surface area contributed by atoms with Crippen LogP contribution in [0.3, 0.4) is 0 Å². The van der Waals surface area contributed by atoms with Crippen LogP contribution in [0, 0.1) is 0 Å². The number of carbonyl (C=O) groups is 1. The van der Waals surface area contributed by atoms with Crippen molar-refractivity contribution in [3.05, 3.63) is 35.9 Å². The normalized spacial score (nSPS) is 9.30. The monoisotopic (exact) mass is 329 g/mol. The van der Waals surface area contributed by atoms with Crippen molar-refractivity contribution >= 4 is 27.0 Å². The molecule has 1 aromatic carbocycles. The van der Waals surface area contributed by atoms with E-state index in [1.807, 2.05) is 34.9 Å². The standard InChI is InChI=1S/C7H5O.CH3.Po/c8-6-7-4-2-1-3-5-7;;/h1-5H;1H3;. The van der Waals surface area contributed by atoms with Crippen molar-refractivity contribution in [1.82, 2.24) is 0 Å². The Hall–Kier alpha value is -0.214. The van der Waals surface area contributed by atoms with E-state index in [2.05, 4.69) is 0 Å². The summed E-state index contributed by atoms with van der Waals surface area (Å²) in [5.41, 5.74) is 0.884. The van der Waals surface area contributed by atoms with Crippen LogP contribution >= 0.6 is 0 Å². The zero-order valence-corrected chi connectivity index (χ0v) is 8.88. The van der Waals surface area contributed by atoms with E-state index < -0.39 is 23.6 Å². The van der Waals surface area contributed by atoms with Gasteiger partial charge in [0.2, 0.25) is 0 Å². The second kappa shape index (κ2) is 3.83. The third kappa shape index (κ3) is 1.89. The molecule has 1 aromatic rings. The second-order valence-electron chi connectivity index (χ2n) is 1.86. The second-order valence-corrected chi connectivity index (χ2v) is 4.89. The molecule has 0 spiro atoms. The van der Waals surface area contributed by atoms with E-state index in [-0.39, 0.29) is 0 Å². The summed E-state index contributed by atoms with van der Waals surface area (Å²) in [5, 5.41) is 0. The van der Waals surface area contributed by atoms with Gasteiger partial charge in [0.1, 0.15) is 0 Å².